The Morgan fingerprint density at radius 1 is 0.306 bits per heavy atom. The van der Waals surface area contributed by atoms with Crippen LogP contribution in [-0.4, -0.2) is 8.07 Å². The van der Waals surface area contributed by atoms with Gasteiger partial charge in [-0.25, -0.2) is 0 Å². The molecule has 0 amide bonds. The Balaban J connectivity index is 1.33. The monoisotopic (exact) mass is 638 g/mol. The van der Waals surface area contributed by atoms with Crippen LogP contribution >= 0.6 is 0 Å². The lowest BCUT2D eigenvalue weighted by atomic mass is 9.84. The van der Waals surface area contributed by atoms with E-state index < -0.39 is 8.07 Å². The summed E-state index contributed by atoms with van der Waals surface area (Å²) in [7, 11) is -2.03. The highest BCUT2D eigenvalue weighted by Gasteiger charge is 2.38. The van der Waals surface area contributed by atoms with Crippen LogP contribution in [-0.2, 0) is 0 Å². The van der Waals surface area contributed by atoms with Crippen molar-refractivity contribution in [1.29, 1.82) is 0 Å². The maximum atomic E-state index is 2.60. The van der Waals surface area contributed by atoms with Gasteiger partial charge in [-0.15, -0.1) is 0 Å². The van der Waals surface area contributed by atoms with Crippen molar-refractivity contribution >= 4 is 61.5 Å². The second kappa shape index (κ2) is 10.6. The Labute approximate surface area is 287 Å². The van der Waals surface area contributed by atoms with E-state index in [1.54, 1.807) is 0 Å². The largest absolute Gasteiger partial charge is 0.113 e. The first kappa shape index (κ1) is 28.3. The van der Waals surface area contributed by atoms with Gasteiger partial charge in [-0.1, -0.05) is 165 Å². The van der Waals surface area contributed by atoms with E-state index in [0.29, 0.717) is 0 Å². The highest BCUT2D eigenvalue weighted by molar-refractivity contribution is 7.04. The lowest BCUT2D eigenvalue weighted by Crippen LogP contribution is -2.49. The molecule has 0 nitrogen and oxygen atoms in total. The summed E-state index contributed by atoms with van der Waals surface area (Å²) in [4.78, 5) is 0. The highest BCUT2D eigenvalue weighted by Crippen LogP contribution is 2.46. The van der Waals surface area contributed by atoms with Crippen LogP contribution in [0.2, 0.25) is 13.1 Å². The molecule has 9 aromatic carbocycles. The molecule has 0 radical (unpaired) electrons. The average molecular weight is 639 g/mol. The van der Waals surface area contributed by atoms with Crippen molar-refractivity contribution in [2.45, 2.75) is 13.1 Å². The topological polar surface area (TPSA) is 0 Å². The summed E-state index contributed by atoms with van der Waals surface area (Å²) in [6.45, 7) is 5.08. The molecule has 49 heavy (non-hydrogen) atoms. The molecule has 1 aliphatic heterocycles. The molecule has 0 atom stereocenters. The van der Waals surface area contributed by atoms with Crippen molar-refractivity contribution in [3.05, 3.63) is 170 Å². The van der Waals surface area contributed by atoms with Crippen LogP contribution in [0.25, 0.3) is 87.6 Å². The molecular formula is C48H34Si. The first-order chi connectivity index (χ1) is 24.0. The summed E-state index contributed by atoms with van der Waals surface area (Å²) in [5.74, 6) is 0. The van der Waals surface area contributed by atoms with Crippen LogP contribution in [0.3, 0.4) is 0 Å². The van der Waals surface area contributed by atoms with E-state index >= 15 is 0 Å². The van der Waals surface area contributed by atoms with Gasteiger partial charge in [0, 0.05) is 0 Å². The molecule has 0 aromatic heterocycles. The molecule has 0 bridgehead atoms. The van der Waals surface area contributed by atoms with E-state index in [0.717, 1.165) is 0 Å². The van der Waals surface area contributed by atoms with E-state index in [4.69, 9.17) is 0 Å². The van der Waals surface area contributed by atoms with Crippen molar-refractivity contribution in [3.8, 4) is 44.5 Å². The molecule has 1 heterocycles. The Kier molecular flexibility index (Phi) is 6.13. The zero-order chi connectivity index (χ0) is 32.7. The van der Waals surface area contributed by atoms with Crippen molar-refractivity contribution < 1.29 is 0 Å². The molecule has 1 heteroatoms. The quantitative estimate of drug-likeness (QED) is 0.133. The molecule has 9 aromatic rings. The summed E-state index contributed by atoms with van der Waals surface area (Å²) >= 11 is 0. The molecule has 0 aliphatic carbocycles. The Hall–Kier alpha value is -5.76. The molecule has 1 aliphatic rings. The van der Waals surface area contributed by atoms with Crippen LogP contribution in [0.1, 0.15) is 0 Å². The number of hydrogen-bond donors (Lipinski definition) is 0. The number of hydrogen-bond acceptors (Lipinski definition) is 0. The summed E-state index contributed by atoms with van der Waals surface area (Å²) < 4.78 is 0. The summed E-state index contributed by atoms with van der Waals surface area (Å²) in [5, 5.41) is 13.4. The first-order valence-electron chi connectivity index (χ1n) is 17.3. The fraction of sp³-hybridized carbons (Fsp3) is 0.0417. The van der Waals surface area contributed by atoms with Gasteiger partial charge < -0.3 is 0 Å². The van der Waals surface area contributed by atoms with Gasteiger partial charge in [0.2, 0.25) is 0 Å². The van der Waals surface area contributed by atoms with Gasteiger partial charge in [0.1, 0.15) is 8.07 Å². The van der Waals surface area contributed by atoms with E-state index in [1.165, 1.54) is 98.0 Å². The van der Waals surface area contributed by atoms with Crippen molar-refractivity contribution in [1.82, 2.24) is 0 Å². The summed E-state index contributed by atoms with van der Waals surface area (Å²) in [6.07, 6.45) is 0. The molecular weight excluding hydrogens is 605 g/mol. The molecule has 10 rings (SSSR count). The number of fused-ring (bicyclic) bond motifs is 7. The van der Waals surface area contributed by atoms with Gasteiger partial charge in [0.25, 0.3) is 0 Å². The zero-order valence-electron chi connectivity index (χ0n) is 27.7. The molecule has 0 fully saturated rings. The van der Waals surface area contributed by atoms with Crippen LogP contribution < -0.4 is 10.4 Å². The maximum absolute atomic E-state index is 2.60. The first-order valence-corrected chi connectivity index (χ1v) is 20.3. The average Bonchev–Trinajstić information content (AvgIpc) is 3.37. The van der Waals surface area contributed by atoms with Crippen LogP contribution in [0, 0.1) is 0 Å². The zero-order valence-corrected chi connectivity index (χ0v) is 28.7. The highest BCUT2D eigenvalue weighted by atomic mass is 28.3. The molecule has 0 saturated heterocycles. The van der Waals surface area contributed by atoms with E-state index in [9.17, 15) is 0 Å². The predicted molar refractivity (Wildman–Crippen MR) is 215 cm³/mol. The van der Waals surface area contributed by atoms with Crippen molar-refractivity contribution in [2.24, 2.45) is 0 Å². The lowest BCUT2D eigenvalue weighted by molar-refractivity contribution is 1.63. The maximum Gasteiger partial charge on any atom is 0.113 e. The second-order valence-electron chi connectivity index (χ2n) is 14.1. The minimum atomic E-state index is -2.03. The van der Waals surface area contributed by atoms with Crippen molar-refractivity contribution in [3.63, 3.8) is 0 Å². The standard InChI is InChI=1S/C48H34Si/c1-49(2)45-28-36(31-12-4-3-5-13-31)24-25-39(45)42-29-43-44(30-46(42)49)48(38-23-21-33-15-7-9-17-35(33)27-38)41-19-11-10-18-40(41)47(43)37-22-20-32-14-6-8-16-34(32)26-37/h3-30H,1-2H3. The van der Waals surface area contributed by atoms with Gasteiger partial charge >= 0.3 is 0 Å². The summed E-state index contributed by atoms with van der Waals surface area (Å²) in [6, 6.07) is 63.7. The Morgan fingerprint density at radius 2 is 0.796 bits per heavy atom. The molecule has 0 spiro atoms. The van der Waals surface area contributed by atoms with Crippen LogP contribution in [0.4, 0.5) is 0 Å². The number of rotatable bonds is 3. The third-order valence-corrected chi connectivity index (χ3v) is 14.5. The third-order valence-electron chi connectivity index (χ3n) is 11.0. The van der Waals surface area contributed by atoms with Gasteiger partial charge in [0.15, 0.2) is 0 Å². The lowest BCUT2D eigenvalue weighted by Gasteiger charge is -2.23. The third kappa shape index (κ3) is 4.29. The fourth-order valence-electron chi connectivity index (χ4n) is 8.53. The van der Waals surface area contributed by atoms with E-state index in [2.05, 4.69) is 183 Å². The predicted octanol–water partition coefficient (Wildman–Crippen LogP) is 12.1. The fourth-order valence-corrected chi connectivity index (χ4v) is 11.6. The van der Waals surface area contributed by atoms with Crippen LogP contribution in [0.5, 0.6) is 0 Å². The van der Waals surface area contributed by atoms with Crippen LogP contribution in [0.15, 0.2) is 170 Å². The normalized spacial score (nSPS) is 13.3. The molecule has 230 valence electrons. The minimum Gasteiger partial charge on any atom is -0.0622 e. The van der Waals surface area contributed by atoms with E-state index in [1.807, 2.05) is 0 Å². The van der Waals surface area contributed by atoms with Gasteiger partial charge in [-0.3, -0.25) is 0 Å². The second-order valence-corrected chi connectivity index (χ2v) is 18.4. The van der Waals surface area contributed by atoms with Gasteiger partial charge in [-0.2, -0.15) is 0 Å². The SMILES string of the molecule is C[Si]1(C)c2cc(-c3ccccc3)ccc2-c2cc3c(-c4ccc5ccccc5c4)c4ccccc4c(-c4ccc5ccccc5c4)c3cc21. The van der Waals surface area contributed by atoms with E-state index in [-0.39, 0.29) is 0 Å². The number of benzene rings is 9. The smallest absolute Gasteiger partial charge is 0.0622 e. The van der Waals surface area contributed by atoms with Gasteiger partial charge in [0.05, 0.1) is 0 Å². The minimum absolute atomic E-state index is 1.26. The molecule has 0 N–H and O–H groups in total. The van der Waals surface area contributed by atoms with Crippen molar-refractivity contribution in [2.75, 3.05) is 0 Å². The Morgan fingerprint density at radius 3 is 1.41 bits per heavy atom. The molecule has 0 saturated carbocycles. The molecule has 0 unspecified atom stereocenters. The Bertz CT molecular complexity index is 2790. The summed E-state index contributed by atoms with van der Waals surface area (Å²) in [5.41, 5.74) is 10.6. The van der Waals surface area contributed by atoms with Gasteiger partial charge in [-0.05, 0) is 116 Å².